The van der Waals surface area contributed by atoms with Crippen LogP contribution < -0.4 is 5.32 Å². The molecule has 1 aromatic carbocycles. The van der Waals surface area contributed by atoms with E-state index in [0.717, 1.165) is 30.0 Å². The lowest BCUT2D eigenvalue weighted by Crippen LogP contribution is -2.27. The van der Waals surface area contributed by atoms with Crippen molar-refractivity contribution in [3.63, 3.8) is 0 Å². The summed E-state index contributed by atoms with van der Waals surface area (Å²) in [5.41, 5.74) is 1.11. The highest BCUT2D eigenvalue weighted by Crippen LogP contribution is 2.49. The van der Waals surface area contributed by atoms with Crippen LogP contribution in [-0.4, -0.2) is 12.5 Å². The highest BCUT2D eigenvalue weighted by molar-refractivity contribution is 6.31. The summed E-state index contributed by atoms with van der Waals surface area (Å²) in [6, 6.07) is 7.82. The van der Waals surface area contributed by atoms with Crippen molar-refractivity contribution in [3.05, 3.63) is 34.9 Å². The molecular weight excluding hydrogens is 246 g/mol. The predicted octanol–water partition coefficient (Wildman–Crippen LogP) is 3.61. The summed E-state index contributed by atoms with van der Waals surface area (Å²) >= 11 is 6.14. The Morgan fingerprint density at radius 2 is 2.17 bits per heavy atom. The van der Waals surface area contributed by atoms with Gasteiger partial charge in [0.2, 0.25) is 5.91 Å². The third-order valence-corrected chi connectivity index (χ3v) is 3.80. The van der Waals surface area contributed by atoms with Gasteiger partial charge in [-0.2, -0.15) is 0 Å². The smallest absolute Gasteiger partial charge is 0.223 e. The van der Waals surface area contributed by atoms with Crippen molar-refractivity contribution in [1.29, 1.82) is 0 Å². The minimum absolute atomic E-state index is 0.122. The van der Waals surface area contributed by atoms with Crippen LogP contribution in [0.2, 0.25) is 5.02 Å². The molecule has 2 nitrogen and oxygen atoms in total. The van der Waals surface area contributed by atoms with Gasteiger partial charge < -0.3 is 5.32 Å². The lowest BCUT2D eigenvalue weighted by Gasteiger charge is -2.07. The zero-order valence-corrected chi connectivity index (χ0v) is 11.7. The molecule has 1 aromatic rings. The fourth-order valence-electron chi connectivity index (χ4n) is 2.22. The number of amides is 1. The molecule has 0 aromatic heterocycles. The van der Waals surface area contributed by atoms with Crippen molar-refractivity contribution in [1.82, 2.24) is 5.32 Å². The van der Waals surface area contributed by atoms with Gasteiger partial charge in [-0.1, -0.05) is 43.6 Å². The van der Waals surface area contributed by atoms with Crippen LogP contribution in [0.5, 0.6) is 0 Å². The van der Waals surface area contributed by atoms with Crippen LogP contribution in [0.15, 0.2) is 24.3 Å². The van der Waals surface area contributed by atoms with Gasteiger partial charge in [0.05, 0.1) is 0 Å². The lowest BCUT2D eigenvalue weighted by molar-refractivity contribution is -0.122. The molecule has 0 radical (unpaired) electrons. The average Bonchev–Trinajstić information content (AvgIpc) is 3.09. The van der Waals surface area contributed by atoms with Crippen molar-refractivity contribution < 1.29 is 4.79 Å². The summed E-state index contributed by atoms with van der Waals surface area (Å²) in [4.78, 5) is 11.9. The standard InChI is InChI=1S/C15H20ClNO/c1-10(2)7-8-17-15(18)13-9-12(13)11-5-3-4-6-14(11)16/h3-6,10,12-13H,7-9H2,1-2H3,(H,17,18). The molecule has 1 aliphatic carbocycles. The molecule has 0 bridgehead atoms. The van der Waals surface area contributed by atoms with Crippen molar-refractivity contribution in [2.24, 2.45) is 11.8 Å². The van der Waals surface area contributed by atoms with Gasteiger partial charge in [-0.05, 0) is 36.3 Å². The molecule has 0 heterocycles. The Kier molecular flexibility index (Phi) is 4.28. The summed E-state index contributed by atoms with van der Waals surface area (Å²) in [6.07, 6.45) is 1.96. The Morgan fingerprint density at radius 3 is 2.83 bits per heavy atom. The van der Waals surface area contributed by atoms with Gasteiger partial charge in [0.15, 0.2) is 0 Å². The van der Waals surface area contributed by atoms with Crippen LogP contribution >= 0.6 is 11.6 Å². The second-order valence-electron chi connectivity index (χ2n) is 5.44. The van der Waals surface area contributed by atoms with E-state index < -0.39 is 0 Å². The largest absolute Gasteiger partial charge is 0.356 e. The summed E-state index contributed by atoms with van der Waals surface area (Å²) < 4.78 is 0. The summed E-state index contributed by atoms with van der Waals surface area (Å²) in [5.74, 6) is 1.25. The van der Waals surface area contributed by atoms with Gasteiger partial charge in [0.25, 0.3) is 0 Å². The third kappa shape index (κ3) is 3.26. The van der Waals surface area contributed by atoms with Gasteiger partial charge in [-0.25, -0.2) is 0 Å². The van der Waals surface area contributed by atoms with Crippen LogP contribution in [-0.2, 0) is 4.79 Å². The lowest BCUT2D eigenvalue weighted by atomic mass is 10.1. The zero-order valence-electron chi connectivity index (χ0n) is 10.9. The number of benzene rings is 1. The molecule has 0 spiro atoms. The van der Waals surface area contributed by atoms with Crippen molar-refractivity contribution in [2.45, 2.75) is 32.6 Å². The molecular formula is C15H20ClNO. The highest BCUT2D eigenvalue weighted by atomic mass is 35.5. The molecule has 0 saturated heterocycles. The number of hydrogen-bond donors (Lipinski definition) is 1. The van der Waals surface area contributed by atoms with Crippen LogP contribution in [0.25, 0.3) is 0 Å². The maximum atomic E-state index is 11.9. The molecule has 18 heavy (non-hydrogen) atoms. The number of rotatable bonds is 5. The Balaban J connectivity index is 1.84. The molecule has 2 atom stereocenters. The quantitative estimate of drug-likeness (QED) is 0.866. The van der Waals surface area contributed by atoms with Gasteiger partial charge in [-0.15, -0.1) is 0 Å². The molecule has 1 aliphatic rings. The average molecular weight is 266 g/mol. The van der Waals surface area contributed by atoms with E-state index in [4.69, 9.17) is 11.6 Å². The molecule has 3 heteroatoms. The molecule has 1 amide bonds. The van der Waals surface area contributed by atoms with Crippen molar-refractivity contribution in [3.8, 4) is 0 Å². The summed E-state index contributed by atoms with van der Waals surface area (Å²) in [5, 5.41) is 3.79. The molecule has 0 aliphatic heterocycles. The first-order valence-electron chi connectivity index (χ1n) is 6.61. The topological polar surface area (TPSA) is 29.1 Å². The maximum absolute atomic E-state index is 11.9. The first-order chi connectivity index (χ1) is 8.59. The Labute approximate surface area is 114 Å². The number of halogens is 1. The van der Waals surface area contributed by atoms with E-state index >= 15 is 0 Å². The first-order valence-corrected chi connectivity index (χ1v) is 6.99. The fourth-order valence-corrected chi connectivity index (χ4v) is 2.50. The second-order valence-corrected chi connectivity index (χ2v) is 5.85. The maximum Gasteiger partial charge on any atom is 0.223 e. The Bertz CT molecular complexity index is 430. The van der Waals surface area contributed by atoms with Gasteiger partial charge in [0, 0.05) is 17.5 Å². The van der Waals surface area contributed by atoms with Gasteiger partial charge in [0.1, 0.15) is 0 Å². The van der Waals surface area contributed by atoms with Crippen molar-refractivity contribution in [2.75, 3.05) is 6.54 Å². The molecule has 1 fully saturated rings. The number of carbonyl (C=O) groups is 1. The SMILES string of the molecule is CC(C)CCNC(=O)C1CC1c1ccccc1Cl. The molecule has 2 rings (SSSR count). The molecule has 1 saturated carbocycles. The first kappa shape index (κ1) is 13.4. The predicted molar refractivity (Wildman–Crippen MR) is 74.8 cm³/mol. The van der Waals surface area contributed by atoms with E-state index in [1.165, 1.54) is 0 Å². The molecule has 1 N–H and O–H groups in total. The fraction of sp³-hybridized carbons (Fsp3) is 0.533. The Morgan fingerprint density at radius 1 is 1.44 bits per heavy atom. The second kappa shape index (κ2) is 5.75. The zero-order chi connectivity index (χ0) is 13.1. The van der Waals surface area contributed by atoms with E-state index in [0.29, 0.717) is 11.8 Å². The molecule has 98 valence electrons. The van der Waals surface area contributed by atoms with Crippen LogP contribution in [0.1, 0.15) is 38.2 Å². The number of hydrogen-bond acceptors (Lipinski definition) is 1. The summed E-state index contributed by atoms with van der Waals surface area (Å²) in [7, 11) is 0. The highest BCUT2D eigenvalue weighted by Gasteiger charge is 2.44. The molecule has 2 unspecified atom stereocenters. The number of nitrogens with one attached hydrogen (secondary N) is 1. The van der Waals surface area contributed by atoms with Crippen LogP contribution in [0, 0.1) is 11.8 Å². The summed E-state index contributed by atoms with van der Waals surface area (Å²) in [6.45, 7) is 5.11. The van der Waals surface area contributed by atoms with Crippen LogP contribution in [0.4, 0.5) is 0 Å². The van der Waals surface area contributed by atoms with Crippen LogP contribution in [0.3, 0.4) is 0 Å². The third-order valence-electron chi connectivity index (χ3n) is 3.45. The van der Waals surface area contributed by atoms with Gasteiger partial charge in [-0.3, -0.25) is 4.79 Å². The van der Waals surface area contributed by atoms with E-state index in [2.05, 4.69) is 19.2 Å². The van der Waals surface area contributed by atoms with Gasteiger partial charge >= 0.3 is 0 Å². The van der Waals surface area contributed by atoms with E-state index in [9.17, 15) is 4.79 Å². The minimum atomic E-state index is 0.122. The van der Waals surface area contributed by atoms with E-state index in [-0.39, 0.29) is 11.8 Å². The minimum Gasteiger partial charge on any atom is -0.356 e. The monoisotopic (exact) mass is 265 g/mol. The van der Waals surface area contributed by atoms with E-state index in [1.54, 1.807) is 0 Å². The van der Waals surface area contributed by atoms with Crippen molar-refractivity contribution >= 4 is 17.5 Å². The normalized spacial score (nSPS) is 22.0. The van der Waals surface area contributed by atoms with E-state index in [1.807, 2.05) is 24.3 Å². The number of carbonyl (C=O) groups excluding carboxylic acids is 1. The Hall–Kier alpha value is -1.02.